The fourth-order valence-electron chi connectivity index (χ4n) is 2.72. The van der Waals surface area contributed by atoms with Crippen molar-refractivity contribution >= 4 is 23.2 Å². The van der Waals surface area contributed by atoms with Crippen molar-refractivity contribution in [1.82, 2.24) is 0 Å². The predicted octanol–water partition coefficient (Wildman–Crippen LogP) is 5.63. The van der Waals surface area contributed by atoms with Crippen LogP contribution in [-0.4, -0.2) is 11.6 Å². The van der Waals surface area contributed by atoms with Gasteiger partial charge in [-0.15, -0.1) is 0 Å². The zero-order chi connectivity index (χ0) is 18.9. The van der Waals surface area contributed by atoms with E-state index in [0.717, 1.165) is 16.7 Å². The van der Waals surface area contributed by atoms with Crippen molar-refractivity contribution in [2.45, 2.75) is 6.42 Å². The molecule has 3 rings (SSSR count). The lowest BCUT2D eigenvalue weighted by molar-refractivity contribution is -0.113. The first kappa shape index (κ1) is 18.3. The molecule has 0 amide bonds. The Morgan fingerprint density at radius 2 is 1.19 bits per heavy atom. The highest BCUT2D eigenvalue weighted by molar-refractivity contribution is 6.13. The Bertz CT molecular complexity index is 953. The van der Waals surface area contributed by atoms with Crippen LogP contribution in [-0.2, 0) is 4.79 Å². The highest BCUT2D eigenvalue weighted by Crippen LogP contribution is 2.18. The highest BCUT2D eigenvalue weighted by Gasteiger charge is 2.11. The summed E-state index contributed by atoms with van der Waals surface area (Å²) < 4.78 is 0. The standard InChI is InChI=1S/C25H20O2/c26-24(19-25(27)22-14-8-3-9-15-22)18-23(21-12-6-2-7-13-21)17-16-20-10-4-1-5-11-20/h1-18H,19H2/b17-16-,23-18+. The second kappa shape index (κ2) is 9.25. The molecule has 0 aliphatic carbocycles. The highest BCUT2D eigenvalue weighted by atomic mass is 16.1. The fraction of sp³-hybridized carbons (Fsp3) is 0.0400. The lowest BCUT2D eigenvalue weighted by Crippen LogP contribution is -2.06. The molecule has 0 saturated carbocycles. The third kappa shape index (κ3) is 5.48. The number of rotatable bonds is 7. The van der Waals surface area contributed by atoms with Crippen LogP contribution in [0.4, 0.5) is 0 Å². The van der Waals surface area contributed by atoms with E-state index in [4.69, 9.17) is 0 Å². The molecule has 0 fully saturated rings. The average molecular weight is 352 g/mol. The van der Waals surface area contributed by atoms with Crippen molar-refractivity contribution < 1.29 is 9.59 Å². The van der Waals surface area contributed by atoms with Gasteiger partial charge in [-0.25, -0.2) is 0 Å². The van der Waals surface area contributed by atoms with Crippen LogP contribution in [0.3, 0.4) is 0 Å². The summed E-state index contributed by atoms with van der Waals surface area (Å²) in [6, 6.07) is 28.5. The van der Waals surface area contributed by atoms with Crippen molar-refractivity contribution in [3.05, 3.63) is 120 Å². The molecule has 132 valence electrons. The second-order valence-corrected chi connectivity index (χ2v) is 6.14. The largest absolute Gasteiger partial charge is 0.294 e. The van der Waals surface area contributed by atoms with Gasteiger partial charge in [0.1, 0.15) is 0 Å². The van der Waals surface area contributed by atoms with E-state index in [1.54, 1.807) is 30.3 Å². The zero-order valence-corrected chi connectivity index (χ0v) is 14.9. The summed E-state index contributed by atoms with van der Waals surface area (Å²) in [7, 11) is 0. The Hall–Kier alpha value is -3.52. The Labute approximate surface area is 159 Å². The molecule has 0 bridgehead atoms. The van der Waals surface area contributed by atoms with E-state index in [0.29, 0.717) is 5.56 Å². The minimum absolute atomic E-state index is 0.139. The van der Waals surface area contributed by atoms with E-state index in [-0.39, 0.29) is 18.0 Å². The van der Waals surface area contributed by atoms with Crippen molar-refractivity contribution in [3.8, 4) is 0 Å². The topological polar surface area (TPSA) is 34.1 Å². The van der Waals surface area contributed by atoms with Crippen LogP contribution >= 0.6 is 0 Å². The van der Waals surface area contributed by atoms with Gasteiger partial charge in [0.25, 0.3) is 0 Å². The minimum Gasteiger partial charge on any atom is -0.294 e. The minimum atomic E-state index is -0.208. The van der Waals surface area contributed by atoms with E-state index < -0.39 is 0 Å². The van der Waals surface area contributed by atoms with Gasteiger partial charge in [-0.1, -0.05) is 103 Å². The van der Waals surface area contributed by atoms with E-state index in [1.165, 1.54) is 0 Å². The molecule has 0 spiro atoms. The van der Waals surface area contributed by atoms with Crippen molar-refractivity contribution in [1.29, 1.82) is 0 Å². The van der Waals surface area contributed by atoms with Crippen LogP contribution in [0, 0.1) is 0 Å². The Morgan fingerprint density at radius 3 is 1.78 bits per heavy atom. The Morgan fingerprint density at radius 1 is 0.667 bits per heavy atom. The van der Waals surface area contributed by atoms with Gasteiger partial charge in [0.2, 0.25) is 0 Å². The normalized spacial score (nSPS) is 11.5. The Balaban J connectivity index is 1.82. The van der Waals surface area contributed by atoms with Crippen LogP contribution in [0.1, 0.15) is 27.9 Å². The van der Waals surface area contributed by atoms with Crippen LogP contribution in [0.2, 0.25) is 0 Å². The molecule has 0 aromatic heterocycles. The quantitative estimate of drug-likeness (QED) is 0.239. The maximum Gasteiger partial charge on any atom is 0.170 e. The fourth-order valence-corrected chi connectivity index (χ4v) is 2.72. The smallest absolute Gasteiger partial charge is 0.170 e. The molecule has 0 heterocycles. The molecule has 27 heavy (non-hydrogen) atoms. The monoisotopic (exact) mass is 352 g/mol. The first-order valence-corrected chi connectivity index (χ1v) is 8.84. The first-order valence-electron chi connectivity index (χ1n) is 8.84. The molecular formula is C25H20O2. The lowest BCUT2D eigenvalue weighted by atomic mass is 10.00. The average Bonchev–Trinajstić information content (AvgIpc) is 2.73. The van der Waals surface area contributed by atoms with Crippen molar-refractivity contribution in [2.24, 2.45) is 0 Å². The molecular weight excluding hydrogens is 332 g/mol. The summed E-state index contributed by atoms with van der Waals surface area (Å²) in [5.41, 5.74) is 3.32. The number of benzene rings is 3. The van der Waals surface area contributed by atoms with Gasteiger partial charge < -0.3 is 0 Å². The number of carbonyl (C=O) groups is 2. The predicted molar refractivity (Wildman–Crippen MR) is 110 cm³/mol. The van der Waals surface area contributed by atoms with Gasteiger partial charge in [0.15, 0.2) is 11.6 Å². The molecule has 0 radical (unpaired) electrons. The molecule has 3 aromatic carbocycles. The molecule has 0 N–H and O–H groups in total. The molecule has 2 heteroatoms. The molecule has 3 aromatic rings. The van der Waals surface area contributed by atoms with Gasteiger partial charge in [0.05, 0.1) is 6.42 Å². The summed E-state index contributed by atoms with van der Waals surface area (Å²) in [5, 5.41) is 0. The van der Waals surface area contributed by atoms with Gasteiger partial charge in [-0.2, -0.15) is 0 Å². The second-order valence-electron chi connectivity index (χ2n) is 6.14. The number of ketones is 2. The van der Waals surface area contributed by atoms with E-state index >= 15 is 0 Å². The number of allylic oxidation sites excluding steroid dienone is 3. The van der Waals surface area contributed by atoms with Crippen LogP contribution in [0.5, 0.6) is 0 Å². The Kier molecular flexibility index (Phi) is 6.26. The molecule has 0 saturated heterocycles. The maximum absolute atomic E-state index is 12.5. The third-order valence-corrected chi connectivity index (χ3v) is 4.11. The van der Waals surface area contributed by atoms with Crippen molar-refractivity contribution in [3.63, 3.8) is 0 Å². The SMILES string of the molecule is O=C(/C=C(\C=C/c1ccccc1)c1ccccc1)CC(=O)c1ccccc1. The lowest BCUT2D eigenvalue weighted by Gasteiger charge is -2.04. The van der Waals surface area contributed by atoms with Crippen LogP contribution in [0.15, 0.2) is 103 Å². The number of hydrogen-bond acceptors (Lipinski definition) is 2. The van der Waals surface area contributed by atoms with E-state index in [2.05, 4.69) is 0 Å². The molecule has 2 nitrogen and oxygen atoms in total. The number of Topliss-reactive ketones (excluding diaryl/α,β-unsaturated/α-hetero) is 1. The first-order chi connectivity index (χ1) is 13.2. The molecule has 0 aliphatic rings. The number of carbonyl (C=O) groups excluding carboxylic acids is 2. The van der Waals surface area contributed by atoms with Gasteiger partial charge in [-0.3, -0.25) is 9.59 Å². The van der Waals surface area contributed by atoms with Gasteiger partial charge in [0, 0.05) is 5.56 Å². The maximum atomic E-state index is 12.5. The third-order valence-electron chi connectivity index (χ3n) is 4.11. The molecule has 0 unspecified atom stereocenters. The van der Waals surface area contributed by atoms with Crippen molar-refractivity contribution in [2.75, 3.05) is 0 Å². The van der Waals surface area contributed by atoms with Gasteiger partial charge >= 0.3 is 0 Å². The summed E-state index contributed by atoms with van der Waals surface area (Å²) in [6.45, 7) is 0. The summed E-state index contributed by atoms with van der Waals surface area (Å²) in [4.78, 5) is 24.8. The summed E-state index contributed by atoms with van der Waals surface area (Å²) in [6.07, 6.45) is 5.29. The van der Waals surface area contributed by atoms with Crippen LogP contribution in [0.25, 0.3) is 11.6 Å². The van der Waals surface area contributed by atoms with Crippen LogP contribution < -0.4 is 0 Å². The zero-order valence-electron chi connectivity index (χ0n) is 14.9. The summed E-state index contributed by atoms with van der Waals surface area (Å²) >= 11 is 0. The molecule has 0 aliphatic heterocycles. The summed E-state index contributed by atoms with van der Waals surface area (Å²) in [5.74, 6) is -0.378. The van der Waals surface area contributed by atoms with Gasteiger partial charge in [-0.05, 0) is 22.8 Å². The molecule has 0 atom stereocenters. The van der Waals surface area contributed by atoms with E-state index in [1.807, 2.05) is 78.9 Å². The number of hydrogen-bond donors (Lipinski definition) is 0. The van der Waals surface area contributed by atoms with E-state index in [9.17, 15) is 9.59 Å².